The van der Waals surface area contributed by atoms with Crippen molar-refractivity contribution in [2.45, 2.75) is 12.5 Å². The molecule has 4 aromatic rings. The fraction of sp³-hybridized carbons (Fsp3) is 0.0833. The topological polar surface area (TPSA) is 116 Å². The molecular formula is C24H19FN6O2. The number of rotatable bonds is 5. The molecule has 1 atom stereocenters. The summed E-state index contributed by atoms with van der Waals surface area (Å²) >= 11 is 0. The number of carbonyl (C=O) groups excluding carboxylic acids is 2. The van der Waals surface area contributed by atoms with Crippen molar-refractivity contribution >= 4 is 39.9 Å². The Morgan fingerprint density at radius 2 is 1.88 bits per heavy atom. The van der Waals surface area contributed by atoms with E-state index in [0.29, 0.717) is 33.8 Å². The Morgan fingerprint density at radius 3 is 2.64 bits per heavy atom. The number of nitrogens with one attached hydrogen (secondary N) is 2. The zero-order valence-corrected chi connectivity index (χ0v) is 17.3. The van der Waals surface area contributed by atoms with Gasteiger partial charge in [-0.15, -0.1) is 0 Å². The summed E-state index contributed by atoms with van der Waals surface area (Å²) in [5.41, 5.74) is 8.92. The lowest BCUT2D eigenvalue weighted by molar-refractivity contribution is -0.119. The third-order valence-electron chi connectivity index (χ3n) is 5.36. The van der Waals surface area contributed by atoms with Crippen molar-refractivity contribution in [2.24, 2.45) is 10.8 Å². The second kappa shape index (κ2) is 8.19. The Hall–Kier alpha value is -4.53. The summed E-state index contributed by atoms with van der Waals surface area (Å²) in [6.07, 6.45) is 0.103. The maximum Gasteiger partial charge on any atom is 0.271 e. The molecule has 1 aliphatic heterocycles. The van der Waals surface area contributed by atoms with Crippen LogP contribution >= 0.6 is 0 Å². The lowest BCUT2D eigenvalue weighted by atomic mass is 10.1. The van der Waals surface area contributed by atoms with Crippen LogP contribution in [0.15, 0.2) is 77.9 Å². The highest BCUT2D eigenvalue weighted by Crippen LogP contribution is 2.26. The van der Waals surface area contributed by atoms with Crippen LogP contribution in [0.5, 0.6) is 0 Å². The molecule has 3 aromatic carbocycles. The number of benzene rings is 3. The SMILES string of the molecule is NC(=O)C1CC(C(=O)Nc2ccc3nc(-c4cccc(F)c4)[nH]c3c2)=NN1c1ccccc1. The van der Waals surface area contributed by atoms with Crippen molar-refractivity contribution in [1.29, 1.82) is 0 Å². The Balaban J connectivity index is 1.38. The molecule has 0 bridgehead atoms. The number of halogens is 1. The molecule has 5 rings (SSSR count). The number of H-pyrrole nitrogens is 1. The number of nitrogens with zero attached hydrogens (tertiary/aromatic N) is 3. The summed E-state index contributed by atoms with van der Waals surface area (Å²) in [4.78, 5) is 32.4. The number of aromatic amines is 1. The van der Waals surface area contributed by atoms with E-state index in [1.54, 1.807) is 42.5 Å². The maximum atomic E-state index is 13.5. The van der Waals surface area contributed by atoms with E-state index in [1.165, 1.54) is 17.1 Å². The smallest absolute Gasteiger partial charge is 0.271 e. The van der Waals surface area contributed by atoms with Gasteiger partial charge in [-0.25, -0.2) is 9.37 Å². The van der Waals surface area contributed by atoms with Gasteiger partial charge in [-0.2, -0.15) is 5.10 Å². The zero-order chi connectivity index (χ0) is 22.9. The first-order valence-electron chi connectivity index (χ1n) is 10.3. The Kier molecular flexibility index (Phi) is 5.06. The molecule has 0 spiro atoms. The van der Waals surface area contributed by atoms with E-state index in [-0.39, 0.29) is 17.9 Å². The molecule has 1 aromatic heterocycles. The van der Waals surface area contributed by atoms with Crippen molar-refractivity contribution in [3.63, 3.8) is 0 Å². The van der Waals surface area contributed by atoms with Crippen LogP contribution in [0.2, 0.25) is 0 Å². The lowest BCUT2D eigenvalue weighted by Gasteiger charge is -2.20. The summed E-state index contributed by atoms with van der Waals surface area (Å²) in [5.74, 6) is -0.814. The van der Waals surface area contributed by atoms with Gasteiger partial charge in [-0.05, 0) is 42.5 Å². The van der Waals surface area contributed by atoms with E-state index in [2.05, 4.69) is 20.4 Å². The second-order valence-electron chi connectivity index (χ2n) is 7.63. The third-order valence-corrected chi connectivity index (χ3v) is 5.36. The minimum absolute atomic E-state index is 0.103. The molecule has 1 unspecified atom stereocenters. The number of hydrogen-bond acceptors (Lipinski definition) is 5. The number of imidazole rings is 1. The van der Waals surface area contributed by atoms with Crippen molar-refractivity contribution in [2.75, 3.05) is 10.3 Å². The molecule has 2 heterocycles. The van der Waals surface area contributed by atoms with Crippen LogP contribution in [0, 0.1) is 5.82 Å². The van der Waals surface area contributed by atoms with Crippen LogP contribution in [0.25, 0.3) is 22.4 Å². The molecule has 0 saturated heterocycles. The number of carbonyl (C=O) groups is 2. The highest BCUT2D eigenvalue weighted by molar-refractivity contribution is 6.44. The lowest BCUT2D eigenvalue weighted by Crippen LogP contribution is -2.39. The van der Waals surface area contributed by atoms with Crippen molar-refractivity contribution in [1.82, 2.24) is 9.97 Å². The van der Waals surface area contributed by atoms with Crippen molar-refractivity contribution in [3.8, 4) is 11.4 Å². The molecule has 8 nitrogen and oxygen atoms in total. The van der Waals surface area contributed by atoms with E-state index in [0.717, 1.165) is 0 Å². The van der Waals surface area contributed by atoms with Gasteiger partial charge in [-0.1, -0.05) is 30.3 Å². The van der Waals surface area contributed by atoms with E-state index < -0.39 is 17.9 Å². The van der Waals surface area contributed by atoms with E-state index in [4.69, 9.17) is 5.73 Å². The minimum Gasteiger partial charge on any atom is -0.368 e. The van der Waals surface area contributed by atoms with Gasteiger partial charge < -0.3 is 16.0 Å². The minimum atomic E-state index is -0.739. The van der Waals surface area contributed by atoms with E-state index in [9.17, 15) is 14.0 Å². The largest absolute Gasteiger partial charge is 0.368 e. The van der Waals surface area contributed by atoms with Crippen LogP contribution in [0.3, 0.4) is 0 Å². The maximum absolute atomic E-state index is 13.5. The van der Waals surface area contributed by atoms with Gasteiger partial charge in [-0.3, -0.25) is 14.6 Å². The number of para-hydroxylation sites is 1. The highest BCUT2D eigenvalue weighted by Gasteiger charge is 2.35. The predicted octanol–water partition coefficient (Wildman–Crippen LogP) is 3.43. The third kappa shape index (κ3) is 4.03. The molecule has 4 N–H and O–H groups in total. The van der Waals surface area contributed by atoms with Crippen LogP contribution in [-0.2, 0) is 9.59 Å². The van der Waals surface area contributed by atoms with Gasteiger partial charge in [0.15, 0.2) is 0 Å². The number of anilines is 2. The summed E-state index contributed by atoms with van der Waals surface area (Å²) in [7, 11) is 0. The number of fused-ring (bicyclic) bond motifs is 1. The molecule has 33 heavy (non-hydrogen) atoms. The van der Waals surface area contributed by atoms with E-state index in [1.807, 2.05) is 18.2 Å². The average Bonchev–Trinajstić information content (AvgIpc) is 3.44. The average molecular weight is 442 g/mol. The first-order valence-corrected chi connectivity index (χ1v) is 10.3. The quantitative estimate of drug-likeness (QED) is 0.439. The van der Waals surface area contributed by atoms with Crippen LogP contribution in [0.1, 0.15) is 6.42 Å². The van der Waals surface area contributed by atoms with E-state index >= 15 is 0 Å². The zero-order valence-electron chi connectivity index (χ0n) is 17.3. The predicted molar refractivity (Wildman–Crippen MR) is 124 cm³/mol. The van der Waals surface area contributed by atoms with Crippen molar-refractivity contribution < 1.29 is 14.0 Å². The molecule has 0 aliphatic carbocycles. The summed E-state index contributed by atoms with van der Waals surface area (Å²) in [6.45, 7) is 0. The molecule has 0 saturated carbocycles. The fourth-order valence-electron chi connectivity index (χ4n) is 3.75. The van der Waals surface area contributed by atoms with Gasteiger partial charge in [0, 0.05) is 17.7 Å². The molecule has 9 heteroatoms. The number of hydrazone groups is 1. The molecule has 0 fully saturated rings. The van der Waals surface area contributed by atoms with Gasteiger partial charge in [0.1, 0.15) is 23.4 Å². The Labute approximate surface area is 187 Å². The van der Waals surface area contributed by atoms with Crippen LogP contribution in [-0.4, -0.2) is 33.5 Å². The van der Waals surface area contributed by atoms with Crippen LogP contribution in [0.4, 0.5) is 15.8 Å². The number of nitrogens with two attached hydrogens (primary N) is 1. The van der Waals surface area contributed by atoms with Gasteiger partial charge in [0.25, 0.3) is 5.91 Å². The summed E-state index contributed by atoms with van der Waals surface area (Å²) < 4.78 is 13.5. The number of hydrogen-bond donors (Lipinski definition) is 3. The monoisotopic (exact) mass is 442 g/mol. The Morgan fingerprint density at radius 1 is 1.06 bits per heavy atom. The first kappa shape index (κ1) is 20.4. The summed E-state index contributed by atoms with van der Waals surface area (Å²) in [5, 5.41) is 8.64. The number of amides is 2. The molecule has 1 aliphatic rings. The highest BCUT2D eigenvalue weighted by atomic mass is 19.1. The molecule has 0 radical (unpaired) electrons. The van der Waals surface area contributed by atoms with Crippen molar-refractivity contribution in [3.05, 3.63) is 78.6 Å². The molecular weight excluding hydrogens is 423 g/mol. The normalized spacial score (nSPS) is 15.5. The molecule has 2 amide bonds. The standard InChI is InChI=1S/C24H19FN6O2/c25-15-6-4-5-14(11-15)23-28-18-10-9-16(12-19(18)29-23)27-24(33)20-13-21(22(26)32)31(30-20)17-7-2-1-3-8-17/h1-12,21H,13H2,(H2,26,32)(H,27,33)(H,28,29). The van der Waals surface area contributed by atoms with Gasteiger partial charge in [0.05, 0.1) is 16.7 Å². The fourth-order valence-corrected chi connectivity index (χ4v) is 3.75. The summed E-state index contributed by atoms with van der Waals surface area (Å²) in [6, 6.07) is 19.7. The first-order chi connectivity index (χ1) is 16.0. The molecule has 164 valence electrons. The second-order valence-corrected chi connectivity index (χ2v) is 7.63. The number of aromatic nitrogens is 2. The van der Waals surface area contributed by atoms with Gasteiger partial charge >= 0.3 is 0 Å². The number of primary amides is 1. The Bertz CT molecular complexity index is 1400. The van der Waals surface area contributed by atoms with Crippen LogP contribution < -0.4 is 16.1 Å². The van der Waals surface area contributed by atoms with Gasteiger partial charge in [0.2, 0.25) is 5.91 Å².